The van der Waals surface area contributed by atoms with Crippen molar-refractivity contribution in [3.8, 4) is 0 Å². The fraction of sp³-hybridized carbons (Fsp3) is 0.750. The van der Waals surface area contributed by atoms with E-state index >= 15 is 0 Å². The second-order valence-electron chi connectivity index (χ2n) is 1.60. The Morgan fingerprint density at radius 1 is 1.78 bits per heavy atom. The average molecular weight is 159 g/mol. The Kier molecular flexibility index (Phi) is 8.15. The van der Waals surface area contributed by atoms with E-state index in [2.05, 4.69) is 0 Å². The van der Waals surface area contributed by atoms with Gasteiger partial charge in [0.05, 0.1) is 6.10 Å². The molecular weight excluding hydrogens is 149 g/mol. The van der Waals surface area contributed by atoms with Gasteiger partial charge in [0.25, 0.3) is 0 Å². The molecule has 0 bridgehead atoms. The first-order chi connectivity index (χ1) is 3.55. The molecule has 5 heteroatoms. The number of rotatable bonds is 2. The molecule has 0 aromatic rings. The molecule has 0 aliphatic heterocycles. The summed E-state index contributed by atoms with van der Waals surface area (Å²) in [5, 5.41) is 16.6. The molecule has 0 aromatic carbocycles. The Morgan fingerprint density at radius 2 is 2.11 bits per heavy atom. The Hall–Kier alpha value is 1.03. The fourth-order valence-corrected chi connectivity index (χ4v) is 0.206. The van der Waals surface area contributed by atoms with E-state index < -0.39 is 18.1 Å². The third kappa shape index (κ3) is 5.47. The molecule has 0 aliphatic carbocycles. The first-order valence-electron chi connectivity index (χ1n) is 2.22. The van der Waals surface area contributed by atoms with Crippen LogP contribution in [-0.2, 0) is 4.79 Å². The zero-order chi connectivity index (χ0) is 6.73. The van der Waals surface area contributed by atoms with Gasteiger partial charge in [-0.15, -0.1) is 0 Å². The predicted octanol–water partition coefficient (Wildman–Crippen LogP) is -4.10. The summed E-state index contributed by atoms with van der Waals surface area (Å²) in [7, 11) is 0. The van der Waals surface area contributed by atoms with Crippen LogP contribution in [0.15, 0.2) is 0 Å². The summed E-state index contributed by atoms with van der Waals surface area (Å²) in [5.41, 5.74) is 4.91. The SMILES string of the molecule is CC(O)C(N)C(=O)O.[H-].[K+]. The molecule has 2 unspecified atom stereocenters. The van der Waals surface area contributed by atoms with Crippen LogP contribution >= 0.6 is 0 Å². The van der Waals surface area contributed by atoms with Crippen LogP contribution in [-0.4, -0.2) is 28.3 Å². The van der Waals surface area contributed by atoms with E-state index in [0.29, 0.717) is 0 Å². The number of carboxylic acid groups (broad SMARTS) is 1. The monoisotopic (exact) mass is 159 g/mol. The van der Waals surface area contributed by atoms with Gasteiger partial charge in [-0.25, -0.2) is 0 Å². The largest absolute Gasteiger partial charge is 1.00 e. The minimum atomic E-state index is -1.18. The number of aliphatic hydroxyl groups is 1. The Labute approximate surface area is 97.3 Å². The van der Waals surface area contributed by atoms with Crippen molar-refractivity contribution >= 4 is 5.97 Å². The second-order valence-corrected chi connectivity index (χ2v) is 1.60. The first-order valence-corrected chi connectivity index (χ1v) is 2.22. The maximum atomic E-state index is 9.86. The number of hydrogen-bond acceptors (Lipinski definition) is 3. The third-order valence-electron chi connectivity index (χ3n) is 0.805. The van der Waals surface area contributed by atoms with Crippen molar-refractivity contribution in [1.82, 2.24) is 0 Å². The van der Waals surface area contributed by atoms with E-state index in [1.165, 1.54) is 6.92 Å². The van der Waals surface area contributed by atoms with Crippen molar-refractivity contribution in [2.24, 2.45) is 5.73 Å². The second kappa shape index (κ2) is 5.78. The molecule has 0 radical (unpaired) electrons. The topological polar surface area (TPSA) is 83.5 Å². The number of aliphatic hydroxyl groups excluding tert-OH is 1. The van der Waals surface area contributed by atoms with Gasteiger partial charge in [-0.3, -0.25) is 4.79 Å². The van der Waals surface area contributed by atoms with Gasteiger partial charge in [-0.1, -0.05) is 0 Å². The van der Waals surface area contributed by atoms with E-state index in [4.69, 9.17) is 15.9 Å². The molecule has 0 fully saturated rings. The molecule has 0 aromatic heterocycles. The van der Waals surface area contributed by atoms with Gasteiger partial charge in [0.2, 0.25) is 0 Å². The standard InChI is InChI=1S/C4H9NO3.K.H/c1-2(6)3(5)4(7)8;;/h2-3,6H,5H2,1H3,(H,7,8);;/q;+1;-1. The normalized spacial score (nSPS) is 15.4. The zero-order valence-corrected chi connectivity index (χ0v) is 8.66. The Bertz CT molecular complexity index is 101. The number of carboxylic acids is 1. The molecular formula is C4H10KNO3. The van der Waals surface area contributed by atoms with Gasteiger partial charge >= 0.3 is 57.4 Å². The summed E-state index contributed by atoms with van der Waals surface area (Å²) in [4.78, 5) is 9.86. The molecule has 0 saturated carbocycles. The number of nitrogens with two attached hydrogens (primary N) is 1. The fourth-order valence-electron chi connectivity index (χ4n) is 0.206. The molecule has 4 nitrogen and oxygen atoms in total. The van der Waals surface area contributed by atoms with Crippen LogP contribution in [0.3, 0.4) is 0 Å². The van der Waals surface area contributed by atoms with Crippen LogP contribution in [0.5, 0.6) is 0 Å². The maximum absolute atomic E-state index is 9.86. The van der Waals surface area contributed by atoms with Crippen LogP contribution in [0.25, 0.3) is 0 Å². The van der Waals surface area contributed by atoms with Crippen molar-refractivity contribution in [2.45, 2.75) is 19.1 Å². The van der Waals surface area contributed by atoms with Crippen LogP contribution in [0.1, 0.15) is 8.35 Å². The molecule has 0 amide bonds. The minimum Gasteiger partial charge on any atom is -1.00 e. The summed E-state index contributed by atoms with van der Waals surface area (Å²) >= 11 is 0. The molecule has 4 N–H and O–H groups in total. The minimum absolute atomic E-state index is 0. The van der Waals surface area contributed by atoms with E-state index in [1.54, 1.807) is 0 Å². The molecule has 0 rings (SSSR count). The average Bonchev–Trinajstić information content (AvgIpc) is 1.64. The van der Waals surface area contributed by atoms with E-state index in [0.717, 1.165) is 0 Å². The van der Waals surface area contributed by atoms with E-state index in [9.17, 15) is 4.79 Å². The van der Waals surface area contributed by atoms with E-state index in [-0.39, 0.29) is 52.8 Å². The van der Waals surface area contributed by atoms with Crippen molar-refractivity contribution in [1.29, 1.82) is 0 Å². The molecule has 9 heavy (non-hydrogen) atoms. The van der Waals surface area contributed by atoms with Crippen LogP contribution < -0.4 is 57.1 Å². The predicted molar refractivity (Wildman–Crippen MR) is 28.4 cm³/mol. The van der Waals surface area contributed by atoms with Gasteiger partial charge in [0.15, 0.2) is 0 Å². The number of aliphatic carboxylic acids is 1. The molecule has 2 atom stereocenters. The third-order valence-corrected chi connectivity index (χ3v) is 0.805. The maximum Gasteiger partial charge on any atom is 1.00 e. The van der Waals surface area contributed by atoms with Crippen molar-refractivity contribution in [2.75, 3.05) is 0 Å². The molecule has 0 heterocycles. The van der Waals surface area contributed by atoms with Crippen LogP contribution in [0.4, 0.5) is 0 Å². The summed E-state index contributed by atoms with van der Waals surface area (Å²) in [6, 6.07) is -1.16. The summed E-state index contributed by atoms with van der Waals surface area (Å²) < 4.78 is 0. The first kappa shape index (κ1) is 12.7. The van der Waals surface area contributed by atoms with Crippen LogP contribution in [0, 0.1) is 0 Å². The van der Waals surface area contributed by atoms with Gasteiger partial charge in [-0.05, 0) is 6.92 Å². The Morgan fingerprint density at radius 3 is 2.11 bits per heavy atom. The quantitative estimate of drug-likeness (QED) is 0.358. The number of carbonyl (C=O) groups is 1. The molecule has 50 valence electrons. The van der Waals surface area contributed by atoms with Crippen molar-refractivity contribution in [3.05, 3.63) is 0 Å². The van der Waals surface area contributed by atoms with Crippen molar-refractivity contribution < 1.29 is 67.8 Å². The summed E-state index contributed by atoms with van der Waals surface area (Å²) in [6.07, 6.45) is -0.979. The summed E-state index contributed by atoms with van der Waals surface area (Å²) in [5.74, 6) is -1.18. The van der Waals surface area contributed by atoms with Crippen molar-refractivity contribution in [3.63, 3.8) is 0 Å². The smallest absolute Gasteiger partial charge is 1.00 e. The van der Waals surface area contributed by atoms with Gasteiger partial charge < -0.3 is 17.4 Å². The molecule has 0 aliphatic rings. The Balaban J connectivity index is -0.000000245. The number of hydrogen-bond donors (Lipinski definition) is 3. The summed E-state index contributed by atoms with van der Waals surface area (Å²) in [6.45, 7) is 1.33. The molecule has 0 saturated heterocycles. The van der Waals surface area contributed by atoms with Gasteiger partial charge in [0, 0.05) is 0 Å². The van der Waals surface area contributed by atoms with Gasteiger partial charge in [0.1, 0.15) is 6.04 Å². The van der Waals surface area contributed by atoms with E-state index in [1.807, 2.05) is 0 Å². The van der Waals surface area contributed by atoms with Gasteiger partial charge in [-0.2, -0.15) is 0 Å². The zero-order valence-electron chi connectivity index (χ0n) is 6.53. The van der Waals surface area contributed by atoms with Crippen LogP contribution in [0.2, 0.25) is 0 Å². The molecule has 0 spiro atoms.